The number of anilines is 2. The van der Waals surface area contributed by atoms with Crippen LogP contribution in [-0.4, -0.2) is 25.9 Å². The molecule has 1 saturated carbocycles. The second kappa shape index (κ2) is 8.94. The summed E-state index contributed by atoms with van der Waals surface area (Å²) in [6.07, 6.45) is 6.17. The fourth-order valence-corrected chi connectivity index (χ4v) is 3.75. The molecule has 0 radical (unpaired) electrons. The fourth-order valence-electron chi connectivity index (χ4n) is 3.75. The molecule has 1 fully saturated rings. The smallest absolute Gasteiger partial charge is 0.269 e. The van der Waals surface area contributed by atoms with Gasteiger partial charge in [-0.05, 0) is 61.9 Å². The quantitative estimate of drug-likeness (QED) is 0.432. The number of aryl methyl sites for hydroxylation is 2. The zero-order chi connectivity index (χ0) is 22.8. The highest BCUT2D eigenvalue weighted by molar-refractivity contribution is 5.66. The minimum absolute atomic E-state index is 0.178. The van der Waals surface area contributed by atoms with Crippen LogP contribution in [0.25, 0.3) is 5.69 Å². The van der Waals surface area contributed by atoms with Crippen LogP contribution in [0.15, 0.2) is 71.9 Å². The summed E-state index contributed by atoms with van der Waals surface area (Å²) >= 11 is 0. The number of hydrogen-bond donors (Lipinski definition) is 1. The summed E-state index contributed by atoms with van der Waals surface area (Å²) in [6.45, 7) is 5.04. The first-order valence-corrected chi connectivity index (χ1v) is 11.2. The molecule has 7 nitrogen and oxygen atoms in total. The highest BCUT2D eigenvalue weighted by Crippen LogP contribution is 2.31. The molecule has 0 amide bonds. The molecule has 1 aliphatic rings. The van der Waals surface area contributed by atoms with Crippen molar-refractivity contribution in [2.24, 2.45) is 5.92 Å². The van der Waals surface area contributed by atoms with Crippen molar-refractivity contribution in [1.29, 1.82) is 0 Å². The second-order valence-corrected chi connectivity index (χ2v) is 8.65. The Kier molecular flexibility index (Phi) is 5.69. The summed E-state index contributed by atoms with van der Waals surface area (Å²) in [6, 6.07) is 17.5. The van der Waals surface area contributed by atoms with E-state index in [-0.39, 0.29) is 5.56 Å². The van der Waals surface area contributed by atoms with Crippen molar-refractivity contribution in [1.82, 2.24) is 19.3 Å². The van der Waals surface area contributed by atoms with E-state index in [0.717, 1.165) is 28.2 Å². The number of imidazole rings is 1. The first-order chi connectivity index (χ1) is 16.0. The molecule has 0 aliphatic heterocycles. The van der Waals surface area contributed by atoms with Crippen LogP contribution in [0.2, 0.25) is 0 Å². The molecule has 0 saturated heterocycles. The normalized spacial score (nSPS) is 13.2. The summed E-state index contributed by atoms with van der Waals surface area (Å²) in [4.78, 5) is 17.1. The maximum atomic E-state index is 12.8. The monoisotopic (exact) mass is 441 g/mol. The van der Waals surface area contributed by atoms with E-state index in [2.05, 4.69) is 22.3 Å². The van der Waals surface area contributed by atoms with Crippen molar-refractivity contribution < 1.29 is 4.74 Å². The van der Waals surface area contributed by atoms with E-state index in [1.807, 2.05) is 72.5 Å². The van der Waals surface area contributed by atoms with Gasteiger partial charge in [-0.15, -0.1) is 5.10 Å². The molecule has 0 unspecified atom stereocenters. The number of ether oxygens (including phenoxy) is 1. The Morgan fingerprint density at radius 2 is 1.91 bits per heavy atom. The maximum absolute atomic E-state index is 12.8. The number of benzene rings is 2. The summed E-state index contributed by atoms with van der Waals surface area (Å²) in [7, 11) is 0. The summed E-state index contributed by atoms with van der Waals surface area (Å²) in [5.74, 6) is 1.03. The van der Waals surface area contributed by atoms with Gasteiger partial charge in [0.25, 0.3) is 11.4 Å². The molecule has 0 spiro atoms. The second-order valence-electron chi connectivity index (χ2n) is 8.65. The summed E-state index contributed by atoms with van der Waals surface area (Å²) in [5, 5.41) is 7.91. The van der Waals surface area contributed by atoms with Gasteiger partial charge in [0.15, 0.2) is 0 Å². The lowest BCUT2D eigenvalue weighted by Gasteiger charge is -2.15. The number of nitrogens with zero attached hydrogens (tertiary/aromatic N) is 4. The zero-order valence-corrected chi connectivity index (χ0v) is 18.9. The van der Waals surface area contributed by atoms with Crippen LogP contribution >= 0.6 is 0 Å². The Labute approximate surface area is 192 Å². The Bertz CT molecular complexity index is 1320. The van der Waals surface area contributed by atoms with Crippen LogP contribution in [0.5, 0.6) is 5.88 Å². The van der Waals surface area contributed by atoms with Gasteiger partial charge < -0.3 is 14.6 Å². The molecule has 2 aromatic heterocycles. The van der Waals surface area contributed by atoms with E-state index in [1.54, 1.807) is 6.07 Å². The Balaban J connectivity index is 1.43. The SMILES string of the molecule is Cc1cn(-c2ccc(Nc3cc(=O)n(Cc4ccccc4)nc3OCC3CC3)cc2C)cn1. The molecule has 0 atom stereocenters. The maximum Gasteiger partial charge on any atom is 0.269 e. The lowest BCUT2D eigenvalue weighted by molar-refractivity contribution is 0.281. The van der Waals surface area contributed by atoms with Crippen LogP contribution in [0.1, 0.15) is 29.7 Å². The van der Waals surface area contributed by atoms with Gasteiger partial charge in [-0.1, -0.05) is 30.3 Å². The highest BCUT2D eigenvalue weighted by atomic mass is 16.5. The number of aromatic nitrogens is 4. The first-order valence-electron chi connectivity index (χ1n) is 11.2. The topological polar surface area (TPSA) is 74.0 Å². The van der Waals surface area contributed by atoms with Crippen molar-refractivity contribution in [2.75, 3.05) is 11.9 Å². The van der Waals surface area contributed by atoms with Crippen LogP contribution in [0.4, 0.5) is 11.4 Å². The molecule has 168 valence electrons. The molecular weight excluding hydrogens is 414 g/mol. The van der Waals surface area contributed by atoms with Gasteiger partial charge in [-0.3, -0.25) is 4.79 Å². The van der Waals surface area contributed by atoms with Gasteiger partial charge >= 0.3 is 0 Å². The summed E-state index contributed by atoms with van der Waals surface area (Å²) < 4.78 is 9.51. The van der Waals surface area contributed by atoms with Crippen molar-refractivity contribution in [2.45, 2.75) is 33.2 Å². The number of nitrogens with one attached hydrogen (secondary N) is 1. The largest absolute Gasteiger partial charge is 0.475 e. The van der Waals surface area contributed by atoms with E-state index >= 15 is 0 Å². The lowest BCUT2D eigenvalue weighted by atomic mass is 10.1. The van der Waals surface area contributed by atoms with E-state index in [9.17, 15) is 4.79 Å². The highest BCUT2D eigenvalue weighted by Gasteiger charge is 2.23. The van der Waals surface area contributed by atoms with Crippen LogP contribution < -0.4 is 15.6 Å². The molecule has 2 heterocycles. The minimum atomic E-state index is -0.178. The van der Waals surface area contributed by atoms with Crippen LogP contribution in [0.3, 0.4) is 0 Å². The van der Waals surface area contributed by atoms with Gasteiger partial charge in [0.05, 0.1) is 25.2 Å². The standard InChI is InChI=1S/C26H27N5O2/c1-18-12-22(10-11-24(18)30-14-19(2)27-17-30)28-23-13-25(32)31(15-20-6-4-3-5-7-20)29-26(23)33-16-21-8-9-21/h3-7,10-14,17,21,28H,8-9,15-16H2,1-2H3. The van der Waals surface area contributed by atoms with E-state index < -0.39 is 0 Å². The van der Waals surface area contributed by atoms with Gasteiger partial charge in [0.1, 0.15) is 5.69 Å². The zero-order valence-electron chi connectivity index (χ0n) is 18.9. The van der Waals surface area contributed by atoms with Gasteiger partial charge in [-0.2, -0.15) is 0 Å². The molecule has 0 bridgehead atoms. The molecule has 1 N–H and O–H groups in total. The van der Waals surface area contributed by atoms with Gasteiger partial charge in [0.2, 0.25) is 0 Å². The molecule has 4 aromatic rings. The number of hydrogen-bond acceptors (Lipinski definition) is 5. The molecular formula is C26H27N5O2. The van der Waals surface area contributed by atoms with Crippen LogP contribution in [0, 0.1) is 19.8 Å². The molecule has 2 aromatic carbocycles. The van der Waals surface area contributed by atoms with Crippen molar-refractivity contribution in [3.05, 3.63) is 94.3 Å². The third-order valence-electron chi connectivity index (χ3n) is 5.76. The van der Waals surface area contributed by atoms with Crippen molar-refractivity contribution in [3.8, 4) is 11.6 Å². The van der Waals surface area contributed by atoms with E-state index in [1.165, 1.54) is 17.5 Å². The molecule has 5 rings (SSSR count). The number of rotatable bonds is 8. The Hall–Kier alpha value is -3.87. The van der Waals surface area contributed by atoms with Crippen LogP contribution in [-0.2, 0) is 6.54 Å². The Morgan fingerprint density at radius 1 is 1.09 bits per heavy atom. The lowest BCUT2D eigenvalue weighted by Crippen LogP contribution is -2.24. The molecule has 7 heteroatoms. The molecule has 1 aliphatic carbocycles. The third kappa shape index (κ3) is 4.98. The third-order valence-corrected chi connectivity index (χ3v) is 5.76. The van der Waals surface area contributed by atoms with E-state index in [4.69, 9.17) is 4.74 Å². The predicted octanol–water partition coefficient (Wildman–Crippen LogP) is 4.63. The van der Waals surface area contributed by atoms with Gasteiger partial charge in [0, 0.05) is 23.6 Å². The minimum Gasteiger partial charge on any atom is -0.475 e. The summed E-state index contributed by atoms with van der Waals surface area (Å²) in [5.41, 5.74) is 5.40. The van der Waals surface area contributed by atoms with Gasteiger partial charge in [-0.25, -0.2) is 9.67 Å². The molecule has 33 heavy (non-hydrogen) atoms. The Morgan fingerprint density at radius 3 is 2.61 bits per heavy atom. The average molecular weight is 442 g/mol. The fraction of sp³-hybridized carbons (Fsp3) is 0.269. The van der Waals surface area contributed by atoms with Crippen molar-refractivity contribution >= 4 is 11.4 Å². The predicted molar refractivity (Wildman–Crippen MR) is 129 cm³/mol. The van der Waals surface area contributed by atoms with E-state index in [0.29, 0.717) is 30.6 Å². The van der Waals surface area contributed by atoms with Crippen molar-refractivity contribution in [3.63, 3.8) is 0 Å². The average Bonchev–Trinajstić information content (AvgIpc) is 3.54. The first kappa shape index (κ1) is 21.0.